The van der Waals surface area contributed by atoms with Gasteiger partial charge in [0.25, 0.3) is 5.91 Å². The second-order valence-corrected chi connectivity index (χ2v) is 6.62. The molecule has 0 heterocycles. The van der Waals surface area contributed by atoms with Crippen LogP contribution in [-0.2, 0) is 13.0 Å². The lowest BCUT2D eigenvalue weighted by Gasteiger charge is -2.22. The first-order chi connectivity index (χ1) is 13.0. The number of hydrogen-bond donors (Lipinski definition) is 2. The molecule has 27 heavy (non-hydrogen) atoms. The summed E-state index contributed by atoms with van der Waals surface area (Å²) in [5.41, 5.74) is 2.82. The minimum absolute atomic E-state index is 0.0758. The molecule has 1 amide bonds. The van der Waals surface area contributed by atoms with Crippen molar-refractivity contribution in [3.63, 3.8) is 0 Å². The second kappa shape index (κ2) is 10.6. The molecule has 2 aromatic rings. The highest BCUT2D eigenvalue weighted by molar-refractivity contribution is 6.31. The molecule has 0 aliphatic heterocycles. The van der Waals surface area contributed by atoms with Gasteiger partial charge in [-0.3, -0.25) is 9.79 Å². The Morgan fingerprint density at radius 3 is 2.67 bits per heavy atom. The van der Waals surface area contributed by atoms with Gasteiger partial charge in [-0.1, -0.05) is 41.9 Å². The molecule has 0 bridgehead atoms. The quantitative estimate of drug-likeness (QED) is 0.566. The number of halogens is 1. The van der Waals surface area contributed by atoms with E-state index in [1.165, 1.54) is 0 Å². The van der Waals surface area contributed by atoms with Crippen LogP contribution in [0.4, 0.5) is 0 Å². The summed E-state index contributed by atoms with van der Waals surface area (Å²) in [6.07, 6.45) is 0.764. The van der Waals surface area contributed by atoms with E-state index >= 15 is 0 Å². The smallest absolute Gasteiger partial charge is 0.251 e. The fourth-order valence-corrected chi connectivity index (χ4v) is 2.93. The van der Waals surface area contributed by atoms with Crippen LogP contribution in [0.5, 0.6) is 0 Å². The Labute approximate surface area is 166 Å². The van der Waals surface area contributed by atoms with E-state index in [2.05, 4.69) is 15.5 Å². The number of aliphatic imine (C=N–C) groups is 1. The van der Waals surface area contributed by atoms with Crippen molar-refractivity contribution in [1.29, 1.82) is 0 Å². The standard InChI is InChI=1S/C21H27ClN4O/c1-4-24-21(26(3)15-18-9-5-6-11-19(18)22)25-13-12-16-8-7-10-17(14-16)20(27)23-2/h5-11,14H,4,12-13,15H2,1-3H3,(H,23,27)(H,24,25). The number of nitrogens with one attached hydrogen (secondary N) is 2. The summed E-state index contributed by atoms with van der Waals surface area (Å²) in [6, 6.07) is 15.5. The molecule has 0 atom stereocenters. The van der Waals surface area contributed by atoms with Crippen LogP contribution in [0.25, 0.3) is 0 Å². The molecule has 0 saturated carbocycles. The van der Waals surface area contributed by atoms with Crippen LogP contribution in [0.1, 0.15) is 28.4 Å². The normalized spacial score (nSPS) is 11.2. The topological polar surface area (TPSA) is 56.7 Å². The molecule has 0 unspecified atom stereocenters. The number of carbonyl (C=O) groups is 1. The predicted octanol–water partition coefficient (Wildman–Crippen LogP) is 3.34. The van der Waals surface area contributed by atoms with Crippen molar-refractivity contribution in [2.75, 3.05) is 27.2 Å². The number of benzene rings is 2. The van der Waals surface area contributed by atoms with Crippen molar-refractivity contribution >= 4 is 23.5 Å². The average molecular weight is 387 g/mol. The zero-order chi connectivity index (χ0) is 19.6. The molecule has 5 nitrogen and oxygen atoms in total. The Kier molecular flexibility index (Phi) is 8.14. The van der Waals surface area contributed by atoms with Gasteiger partial charge < -0.3 is 15.5 Å². The third kappa shape index (κ3) is 6.29. The van der Waals surface area contributed by atoms with Crippen molar-refractivity contribution in [1.82, 2.24) is 15.5 Å². The van der Waals surface area contributed by atoms with E-state index in [1.807, 2.05) is 62.5 Å². The molecule has 144 valence electrons. The van der Waals surface area contributed by atoms with Gasteiger partial charge in [0.15, 0.2) is 5.96 Å². The van der Waals surface area contributed by atoms with E-state index in [0.29, 0.717) is 18.7 Å². The highest BCUT2D eigenvalue weighted by Gasteiger charge is 2.09. The molecular formula is C21H27ClN4O. The van der Waals surface area contributed by atoms with Gasteiger partial charge in [-0.15, -0.1) is 0 Å². The lowest BCUT2D eigenvalue weighted by Crippen LogP contribution is -2.38. The Balaban J connectivity index is 2.02. The Bertz CT molecular complexity index is 791. The van der Waals surface area contributed by atoms with Crippen molar-refractivity contribution in [2.45, 2.75) is 19.9 Å². The summed E-state index contributed by atoms with van der Waals surface area (Å²) >= 11 is 6.27. The molecule has 2 aromatic carbocycles. The number of hydrogen-bond acceptors (Lipinski definition) is 2. The van der Waals surface area contributed by atoms with E-state index in [-0.39, 0.29) is 5.91 Å². The maximum atomic E-state index is 11.8. The number of carbonyl (C=O) groups excluding carboxylic acids is 1. The third-order valence-electron chi connectivity index (χ3n) is 4.14. The summed E-state index contributed by atoms with van der Waals surface area (Å²) in [5, 5.41) is 6.72. The molecule has 2 rings (SSSR count). The number of nitrogens with zero attached hydrogens (tertiary/aromatic N) is 2. The van der Waals surface area contributed by atoms with Gasteiger partial charge in [0.1, 0.15) is 0 Å². The first-order valence-corrected chi connectivity index (χ1v) is 9.46. The lowest BCUT2D eigenvalue weighted by molar-refractivity contribution is 0.0963. The van der Waals surface area contributed by atoms with Crippen molar-refractivity contribution in [3.8, 4) is 0 Å². The van der Waals surface area contributed by atoms with Crippen LogP contribution >= 0.6 is 11.6 Å². The maximum Gasteiger partial charge on any atom is 0.251 e. The summed E-state index contributed by atoms with van der Waals surface area (Å²) < 4.78 is 0. The van der Waals surface area contributed by atoms with Gasteiger partial charge >= 0.3 is 0 Å². The van der Waals surface area contributed by atoms with Crippen molar-refractivity contribution in [3.05, 3.63) is 70.2 Å². The number of guanidine groups is 1. The van der Waals surface area contributed by atoms with Gasteiger partial charge in [-0.25, -0.2) is 0 Å². The van der Waals surface area contributed by atoms with Crippen LogP contribution in [-0.4, -0.2) is 44.0 Å². The van der Waals surface area contributed by atoms with Gasteiger partial charge in [-0.05, 0) is 42.7 Å². The van der Waals surface area contributed by atoms with Crippen LogP contribution in [0.3, 0.4) is 0 Å². The first kappa shape index (κ1) is 20.8. The summed E-state index contributed by atoms with van der Waals surface area (Å²) in [7, 11) is 3.63. The Morgan fingerprint density at radius 2 is 1.96 bits per heavy atom. The van der Waals surface area contributed by atoms with E-state index in [4.69, 9.17) is 16.6 Å². The summed E-state index contributed by atoms with van der Waals surface area (Å²) in [6.45, 7) is 4.15. The molecule has 0 aromatic heterocycles. The van der Waals surface area contributed by atoms with Crippen LogP contribution < -0.4 is 10.6 Å². The molecule has 0 spiro atoms. The zero-order valence-corrected chi connectivity index (χ0v) is 16.9. The zero-order valence-electron chi connectivity index (χ0n) is 16.1. The maximum absolute atomic E-state index is 11.8. The Morgan fingerprint density at radius 1 is 1.19 bits per heavy atom. The Hall–Kier alpha value is -2.53. The van der Waals surface area contributed by atoms with E-state index in [0.717, 1.165) is 35.1 Å². The molecule has 6 heteroatoms. The molecule has 0 radical (unpaired) electrons. The molecular weight excluding hydrogens is 360 g/mol. The molecule has 0 saturated heterocycles. The highest BCUT2D eigenvalue weighted by atomic mass is 35.5. The molecule has 0 fully saturated rings. The van der Waals surface area contributed by atoms with Crippen LogP contribution in [0.2, 0.25) is 5.02 Å². The number of rotatable bonds is 7. The largest absolute Gasteiger partial charge is 0.357 e. The molecule has 0 aliphatic rings. The lowest BCUT2D eigenvalue weighted by atomic mass is 10.1. The highest BCUT2D eigenvalue weighted by Crippen LogP contribution is 2.16. The minimum atomic E-state index is -0.0758. The van der Waals surface area contributed by atoms with E-state index in [1.54, 1.807) is 7.05 Å². The van der Waals surface area contributed by atoms with Crippen LogP contribution in [0, 0.1) is 0 Å². The molecule has 0 aliphatic carbocycles. The minimum Gasteiger partial charge on any atom is -0.357 e. The average Bonchev–Trinajstić information content (AvgIpc) is 2.68. The van der Waals surface area contributed by atoms with Crippen molar-refractivity contribution < 1.29 is 4.79 Å². The van der Waals surface area contributed by atoms with Gasteiger partial charge in [0, 0.05) is 44.3 Å². The fourth-order valence-electron chi connectivity index (χ4n) is 2.73. The van der Waals surface area contributed by atoms with E-state index in [9.17, 15) is 4.79 Å². The van der Waals surface area contributed by atoms with Crippen LogP contribution in [0.15, 0.2) is 53.5 Å². The van der Waals surface area contributed by atoms with Gasteiger partial charge in [-0.2, -0.15) is 0 Å². The monoisotopic (exact) mass is 386 g/mol. The van der Waals surface area contributed by atoms with E-state index < -0.39 is 0 Å². The molecule has 2 N–H and O–H groups in total. The number of amides is 1. The third-order valence-corrected chi connectivity index (χ3v) is 4.51. The van der Waals surface area contributed by atoms with Gasteiger partial charge in [0.2, 0.25) is 0 Å². The first-order valence-electron chi connectivity index (χ1n) is 9.09. The SMILES string of the molecule is CCNC(=NCCc1cccc(C(=O)NC)c1)N(C)Cc1ccccc1Cl. The second-order valence-electron chi connectivity index (χ2n) is 6.21. The fraction of sp³-hybridized carbons (Fsp3) is 0.333. The van der Waals surface area contributed by atoms with Gasteiger partial charge in [0.05, 0.1) is 0 Å². The van der Waals surface area contributed by atoms with Crippen molar-refractivity contribution in [2.24, 2.45) is 4.99 Å². The summed E-state index contributed by atoms with van der Waals surface area (Å²) in [4.78, 5) is 18.5. The summed E-state index contributed by atoms with van der Waals surface area (Å²) in [5.74, 6) is 0.757. The predicted molar refractivity (Wildman–Crippen MR) is 112 cm³/mol.